The van der Waals surface area contributed by atoms with Crippen molar-refractivity contribution in [3.8, 4) is 11.3 Å². The summed E-state index contributed by atoms with van der Waals surface area (Å²) in [6.45, 7) is 4.12. The van der Waals surface area contributed by atoms with Crippen molar-refractivity contribution in [1.82, 2.24) is 15.3 Å². The molecule has 0 radical (unpaired) electrons. The summed E-state index contributed by atoms with van der Waals surface area (Å²) in [5, 5.41) is 3.27. The molecular weight excluding hydrogens is 236 g/mol. The van der Waals surface area contributed by atoms with Crippen LogP contribution in [0.2, 0.25) is 0 Å². The minimum atomic E-state index is 0.507. The highest BCUT2D eigenvalue weighted by molar-refractivity contribution is 5.64. The van der Waals surface area contributed by atoms with Crippen molar-refractivity contribution in [2.24, 2.45) is 0 Å². The molecular formula is C15H18N4. The van der Waals surface area contributed by atoms with E-state index in [1.54, 1.807) is 0 Å². The van der Waals surface area contributed by atoms with Gasteiger partial charge in [-0.15, -0.1) is 0 Å². The van der Waals surface area contributed by atoms with Crippen LogP contribution in [0, 0.1) is 6.92 Å². The van der Waals surface area contributed by atoms with Crippen LogP contribution < -0.4 is 10.2 Å². The monoisotopic (exact) mass is 254 g/mol. The number of likely N-dealkylation sites (N-methyl/N-ethyl adjacent to an activating group) is 1. The lowest BCUT2D eigenvalue weighted by Crippen LogP contribution is -2.56. The highest BCUT2D eigenvalue weighted by Gasteiger charge is 2.23. The third-order valence-electron chi connectivity index (χ3n) is 3.69. The van der Waals surface area contributed by atoms with Crippen molar-refractivity contribution < 1.29 is 0 Å². The van der Waals surface area contributed by atoms with Crippen LogP contribution in [-0.2, 0) is 0 Å². The Hall–Kier alpha value is -1.94. The highest BCUT2D eigenvalue weighted by Crippen LogP contribution is 2.22. The molecule has 1 aliphatic heterocycles. The SMILES string of the molecule is Cc1ccccc1-c1ccnc(N(C)C2CNC2)n1. The maximum atomic E-state index is 4.69. The van der Waals surface area contributed by atoms with E-state index in [0.717, 1.165) is 24.7 Å². The number of aromatic nitrogens is 2. The van der Waals surface area contributed by atoms with Crippen molar-refractivity contribution >= 4 is 5.95 Å². The number of hydrogen-bond acceptors (Lipinski definition) is 4. The molecule has 0 aliphatic carbocycles. The van der Waals surface area contributed by atoms with E-state index in [4.69, 9.17) is 4.98 Å². The standard InChI is InChI=1S/C15H18N4/c1-11-5-3-4-6-13(11)14-7-8-17-15(18-14)19(2)12-9-16-10-12/h3-8,12,16H,9-10H2,1-2H3. The van der Waals surface area contributed by atoms with Crippen molar-refractivity contribution in [3.63, 3.8) is 0 Å². The Morgan fingerprint density at radius 1 is 1.21 bits per heavy atom. The lowest BCUT2D eigenvalue weighted by Gasteiger charge is -2.35. The van der Waals surface area contributed by atoms with Crippen LogP contribution in [0.1, 0.15) is 5.56 Å². The largest absolute Gasteiger partial charge is 0.338 e. The highest BCUT2D eigenvalue weighted by atomic mass is 15.3. The van der Waals surface area contributed by atoms with E-state index in [0.29, 0.717) is 6.04 Å². The second-order valence-corrected chi connectivity index (χ2v) is 4.98. The van der Waals surface area contributed by atoms with Crippen LogP contribution in [0.4, 0.5) is 5.95 Å². The minimum Gasteiger partial charge on any atom is -0.338 e. The van der Waals surface area contributed by atoms with E-state index in [-0.39, 0.29) is 0 Å². The van der Waals surface area contributed by atoms with Gasteiger partial charge in [0.1, 0.15) is 0 Å². The molecule has 0 saturated carbocycles. The van der Waals surface area contributed by atoms with E-state index < -0.39 is 0 Å². The van der Waals surface area contributed by atoms with Crippen LogP contribution in [0.3, 0.4) is 0 Å². The fourth-order valence-electron chi connectivity index (χ4n) is 2.24. The molecule has 3 rings (SSSR count). The lowest BCUT2D eigenvalue weighted by molar-refractivity contribution is 0.424. The van der Waals surface area contributed by atoms with Gasteiger partial charge in [-0.2, -0.15) is 0 Å². The molecule has 0 unspecified atom stereocenters. The maximum Gasteiger partial charge on any atom is 0.225 e. The van der Waals surface area contributed by atoms with Gasteiger partial charge in [0.05, 0.1) is 11.7 Å². The Labute approximate surface area is 113 Å². The summed E-state index contributed by atoms with van der Waals surface area (Å²) in [6.07, 6.45) is 1.84. The van der Waals surface area contributed by atoms with E-state index in [9.17, 15) is 0 Å². The molecule has 19 heavy (non-hydrogen) atoms. The topological polar surface area (TPSA) is 41.1 Å². The number of rotatable bonds is 3. The average molecular weight is 254 g/mol. The first kappa shape index (κ1) is 12.1. The van der Waals surface area contributed by atoms with Gasteiger partial charge in [-0.05, 0) is 18.6 Å². The van der Waals surface area contributed by atoms with E-state index in [2.05, 4.69) is 41.3 Å². The number of benzene rings is 1. The Kier molecular flexibility index (Phi) is 3.17. The molecule has 1 N–H and O–H groups in total. The summed E-state index contributed by atoms with van der Waals surface area (Å²) >= 11 is 0. The Bertz CT molecular complexity index is 578. The van der Waals surface area contributed by atoms with Crippen LogP contribution in [0.25, 0.3) is 11.3 Å². The van der Waals surface area contributed by atoms with Crippen LogP contribution in [-0.4, -0.2) is 36.1 Å². The van der Waals surface area contributed by atoms with Gasteiger partial charge >= 0.3 is 0 Å². The van der Waals surface area contributed by atoms with Gasteiger partial charge in [-0.25, -0.2) is 9.97 Å². The number of anilines is 1. The molecule has 0 amide bonds. The van der Waals surface area contributed by atoms with Gasteiger partial charge in [-0.1, -0.05) is 24.3 Å². The van der Waals surface area contributed by atoms with E-state index >= 15 is 0 Å². The van der Waals surface area contributed by atoms with Gasteiger partial charge in [-0.3, -0.25) is 0 Å². The number of nitrogens with one attached hydrogen (secondary N) is 1. The average Bonchev–Trinajstić information content (AvgIpc) is 2.37. The first-order chi connectivity index (χ1) is 9.25. The van der Waals surface area contributed by atoms with Crippen LogP contribution >= 0.6 is 0 Å². The summed E-state index contributed by atoms with van der Waals surface area (Å²) < 4.78 is 0. The second kappa shape index (κ2) is 4.97. The molecule has 0 bridgehead atoms. The molecule has 1 aromatic heterocycles. The molecule has 2 heterocycles. The van der Waals surface area contributed by atoms with Crippen molar-refractivity contribution in [1.29, 1.82) is 0 Å². The fourth-order valence-corrected chi connectivity index (χ4v) is 2.24. The molecule has 4 nitrogen and oxygen atoms in total. The zero-order chi connectivity index (χ0) is 13.2. The summed E-state index contributed by atoms with van der Waals surface area (Å²) in [7, 11) is 2.06. The Morgan fingerprint density at radius 3 is 2.68 bits per heavy atom. The molecule has 0 atom stereocenters. The Morgan fingerprint density at radius 2 is 2.00 bits per heavy atom. The predicted molar refractivity (Wildman–Crippen MR) is 77.3 cm³/mol. The van der Waals surface area contributed by atoms with Crippen molar-refractivity contribution in [2.45, 2.75) is 13.0 Å². The molecule has 2 aromatic rings. The second-order valence-electron chi connectivity index (χ2n) is 4.98. The van der Waals surface area contributed by atoms with Crippen LogP contribution in [0.5, 0.6) is 0 Å². The smallest absolute Gasteiger partial charge is 0.225 e. The first-order valence-electron chi connectivity index (χ1n) is 6.58. The summed E-state index contributed by atoms with van der Waals surface area (Å²) in [5.74, 6) is 0.798. The van der Waals surface area contributed by atoms with E-state index in [1.165, 1.54) is 11.1 Å². The van der Waals surface area contributed by atoms with Gasteiger partial charge in [0.15, 0.2) is 0 Å². The quantitative estimate of drug-likeness (QED) is 0.907. The summed E-state index contributed by atoms with van der Waals surface area (Å²) in [6, 6.07) is 10.8. The zero-order valence-electron chi connectivity index (χ0n) is 11.3. The van der Waals surface area contributed by atoms with Crippen molar-refractivity contribution in [2.75, 3.05) is 25.0 Å². The molecule has 1 aromatic carbocycles. The maximum absolute atomic E-state index is 4.69. The number of nitrogens with zero attached hydrogens (tertiary/aromatic N) is 3. The van der Waals surface area contributed by atoms with Gasteiger partial charge in [0.25, 0.3) is 0 Å². The van der Waals surface area contributed by atoms with Gasteiger partial charge < -0.3 is 10.2 Å². The number of aryl methyl sites for hydroxylation is 1. The molecule has 4 heteroatoms. The van der Waals surface area contributed by atoms with E-state index in [1.807, 2.05) is 24.4 Å². The van der Waals surface area contributed by atoms with Gasteiger partial charge in [0.2, 0.25) is 5.95 Å². The molecule has 1 aliphatic rings. The number of hydrogen-bond donors (Lipinski definition) is 1. The minimum absolute atomic E-state index is 0.507. The predicted octanol–water partition coefficient (Wildman–Crippen LogP) is 1.86. The zero-order valence-corrected chi connectivity index (χ0v) is 11.3. The fraction of sp³-hybridized carbons (Fsp3) is 0.333. The lowest BCUT2D eigenvalue weighted by atomic mass is 10.1. The molecule has 1 fully saturated rings. The summed E-state index contributed by atoms with van der Waals surface area (Å²) in [5.41, 5.74) is 3.40. The normalized spacial score (nSPS) is 15.1. The van der Waals surface area contributed by atoms with Crippen molar-refractivity contribution in [3.05, 3.63) is 42.1 Å². The third kappa shape index (κ3) is 2.31. The third-order valence-corrected chi connectivity index (χ3v) is 3.69. The molecule has 0 spiro atoms. The van der Waals surface area contributed by atoms with Gasteiger partial charge in [0, 0.05) is 31.9 Å². The molecule has 98 valence electrons. The van der Waals surface area contributed by atoms with Crippen LogP contribution in [0.15, 0.2) is 36.5 Å². The Balaban J connectivity index is 1.93. The molecule has 1 saturated heterocycles. The summed E-state index contributed by atoms with van der Waals surface area (Å²) in [4.78, 5) is 11.2. The first-order valence-corrected chi connectivity index (χ1v) is 6.58.